The van der Waals surface area contributed by atoms with E-state index in [1.165, 1.54) is 0 Å². The van der Waals surface area contributed by atoms with Crippen LogP contribution in [0.15, 0.2) is 28.8 Å². The number of carbonyl (C=O) groups excluding carboxylic acids is 1. The minimum absolute atomic E-state index is 0.188. The Morgan fingerprint density at radius 2 is 2.00 bits per heavy atom. The molecule has 4 rings (SSSR count). The van der Waals surface area contributed by atoms with E-state index in [9.17, 15) is 10.1 Å². The van der Waals surface area contributed by atoms with Crippen molar-refractivity contribution in [3.8, 4) is 11.8 Å². The van der Waals surface area contributed by atoms with Gasteiger partial charge in [-0.25, -0.2) is 0 Å². The summed E-state index contributed by atoms with van der Waals surface area (Å²) in [5.41, 5.74) is 6.94. The number of benzene rings is 1. The number of hydrogen-bond donors (Lipinski definition) is 1. The molecule has 0 radical (unpaired) electrons. The summed E-state index contributed by atoms with van der Waals surface area (Å²) in [6.45, 7) is 7.44. The van der Waals surface area contributed by atoms with Crippen LogP contribution < -0.4 is 15.4 Å². The summed E-state index contributed by atoms with van der Waals surface area (Å²) in [5, 5.41) is 13.2. The first-order chi connectivity index (χ1) is 17.0. The SMILES string of the molecule is CCc1noc(N2CCC([C@H](C)CCOc3ccc([C@H](N)C(=O)N4CCC[C@H]4C#N)cc3)CC2)n1. The molecule has 2 saturated heterocycles. The number of carbonyl (C=O) groups is 1. The molecule has 2 fully saturated rings. The topological polar surface area (TPSA) is 122 Å². The Labute approximate surface area is 207 Å². The molecule has 9 nitrogen and oxygen atoms in total. The quantitative estimate of drug-likeness (QED) is 0.579. The second-order valence-electron chi connectivity index (χ2n) is 9.65. The third-order valence-corrected chi connectivity index (χ3v) is 7.42. The predicted octanol–water partition coefficient (Wildman–Crippen LogP) is 3.47. The molecule has 1 aromatic carbocycles. The molecule has 2 aliphatic rings. The van der Waals surface area contributed by atoms with E-state index >= 15 is 0 Å². The Balaban J connectivity index is 1.19. The van der Waals surface area contributed by atoms with Crippen molar-refractivity contribution in [2.75, 3.05) is 31.1 Å². The molecule has 1 amide bonds. The summed E-state index contributed by atoms with van der Waals surface area (Å²) in [4.78, 5) is 21.0. The molecule has 35 heavy (non-hydrogen) atoms. The predicted molar refractivity (Wildman–Crippen MR) is 132 cm³/mol. The maximum Gasteiger partial charge on any atom is 0.324 e. The Bertz CT molecular complexity index is 1010. The van der Waals surface area contributed by atoms with Gasteiger partial charge in [0.05, 0.1) is 12.7 Å². The highest BCUT2D eigenvalue weighted by atomic mass is 16.5. The number of ether oxygens (including phenoxy) is 1. The fourth-order valence-electron chi connectivity index (χ4n) is 5.03. The van der Waals surface area contributed by atoms with Gasteiger partial charge >= 0.3 is 6.01 Å². The first-order valence-electron chi connectivity index (χ1n) is 12.8. The van der Waals surface area contributed by atoms with Crippen molar-refractivity contribution in [2.45, 2.75) is 64.5 Å². The number of rotatable bonds is 9. The van der Waals surface area contributed by atoms with Gasteiger partial charge in [-0.2, -0.15) is 10.2 Å². The van der Waals surface area contributed by atoms with Crippen molar-refractivity contribution < 1.29 is 14.1 Å². The fourth-order valence-corrected chi connectivity index (χ4v) is 5.03. The number of anilines is 1. The smallest absolute Gasteiger partial charge is 0.324 e. The third kappa shape index (κ3) is 5.93. The average Bonchev–Trinajstić information content (AvgIpc) is 3.58. The number of nitrogens with two attached hydrogens (primary N) is 1. The fraction of sp³-hybridized carbons (Fsp3) is 0.615. The molecule has 0 bridgehead atoms. The minimum atomic E-state index is -0.760. The first-order valence-corrected chi connectivity index (χ1v) is 12.8. The number of piperidine rings is 1. The Kier molecular flexibility index (Phi) is 8.24. The van der Waals surface area contributed by atoms with Crippen LogP contribution in [0.2, 0.25) is 0 Å². The lowest BCUT2D eigenvalue weighted by Crippen LogP contribution is -2.40. The van der Waals surface area contributed by atoms with Gasteiger partial charge in [-0.15, -0.1) is 0 Å². The zero-order valence-corrected chi connectivity index (χ0v) is 20.7. The monoisotopic (exact) mass is 480 g/mol. The molecule has 0 spiro atoms. The van der Waals surface area contributed by atoms with Gasteiger partial charge in [0, 0.05) is 26.1 Å². The van der Waals surface area contributed by atoms with Gasteiger partial charge in [0.15, 0.2) is 5.82 Å². The molecule has 2 N–H and O–H groups in total. The van der Waals surface area contributed by atoms with Crippen LogP contribution in [-0.4, -0.2) is 53.2 Å². The molecule has 188 valence electrons. The number of likely N-dealkylation sites (tertiary alicyclic amines) is 1. The van der Waals surface area contributed by atoms with E-state index in [2.05, 4.69) is 28.0 Å². The largest absolute Gasteiger partial charge is 0.494 e. The summed E-state index contributed by atoms with van der Waals surface area (Å²) in [5.74, 6) is 2.55. The van der Waals surface area contributed by atoms with Crippen LogP contribution in [0.4, 0.5) is 6.01 Å². The molecule has 2 aromatic rings. The molecular formula is C26H36N6O3. The van der Waals surface area contributed by atoms with Crippen LogP contribution in [0.1, 0.15) is 63.4 Å². The zero-order valence-electron chi connectivity index (χ0n) is 20.7. The Hall–Kier alpha value is -3.12. The van der Waals surface area contributed by atoms with Crippen molar-refractivity contribution in [1.29, 1.82) is 5.26 Å². The molecular weight excluding hydrogens is 444 g/mol. The molecule has 1 aromatic heterocycles. The number of nitriles is 1. The van der Waals surface area contributed by atoms with Gasteiger partial charge in [-0.1, -0.05) is 31.1 Å². The Morgan fingerprint density at radius 1 is 1.26 bits per heavy atom. The minimum Gasteiger partial charge on any atom is -0.494 e. The second kappa shape index (κ2) is 11.5. The normalized spacial score (nSPS) is 20.5. The number of amides is 1. The number of nitrogens with zero attached hydrogens (tertiary/aromatic N) is 5. The lowest BCUT2D eigenvalue weighted by Gasteiger charge is -2.33. The lowest BCUT2D eigenvalue weighted by molar-refractivity contribution is -0.132. The average molecular weight is 481 g/mol. The highest BCUT2D eigenvalue weighted by molar-refractivity contribution is 5.84. The van der Waals surface area contributed by atoms with Gasteiger partial charge in [-0.05, 0) is 61.6 Å². The molecule has 0 aliphatic carbocycles. The molecule has 2 aliphatic heterocycles. The summed E-state index contributed by atoms with van der Waals surface area (Å²) in [6, 6.07) is 9.14. The zero-order chi connectivity index (χ0) is 24.8. The third-order valence-electron chi connectivity index (χ3n) is 7.42. The van der Waals surface area contributed by atoms with Crippen molar-refractivity contribution in [3.05, 3.63) is 35.7 Å². The van der Waals surface area contributed by atoms with Crippen LogP contribution >= 0.6 is 0 Å². The van der Waals surface area contributed by atoms with Gasteiger partial charge in [0.25, 0.3) is 0 Å². The molecule has 3 atom stereocenters. The van der Waals surface area contributed by atoms with Crippen molar-refractivity contribution >= 4 is 11.9 Å². The van der Waals surface area contributed by atoms with Crippen LogP contribution in [0.25, 0.3) is 0 Å². The second-order valence-corrected chi connectivity index (χ2v) is 9.65. The van der Waals surface area contributed by atoms with E-state index < -0.39 is 6.04 Å². The molecule has 3 heterocycles. The Morgan fingerprint density at radius 3 is 2.66 bits per heavy atom. The van der Waals surface area contributed by atoms with Crippen LogP contribution in [0, 0.1) is 23.2 Å². The highest BCUT2D eigenvalue weighted by Crippen LogP contribution is 2.29. The summed E-state index contributed by atoms with van der Waals surface area (Å²) < 4.78 is 11.4. The van der Waals surface area contributed by atoms with Gasteiger partial charge in [0.2, 0.25) is 5.91 Å². The first kappa shape index (κ1) is 25.0. The maximum absolute atomic E-state index is 12.7. The summed E-state index contributed by atoms with van der Waals surface area (Å²) >= 11 is 0. The van der Waals surface area contributed by atoms with Crippen molar-refractivity contribution in [2.24, 2.45) is 17.6 Å². The van der Waals surface area contributed by atoms with Crippen molar-refractivity contribution in [3.63, 3.8) is 0 Å². The van der Waals surface area contributed by atoms with Gasteiger partial charge < -0.3 is 24.8 Å². The molecule has 0 unspecified atom stereocenters. The number of aromatic nitrogens is 2. The number of aryl methyl sites for hydroxylation is 1. The molecule has 9 heteroatoms. The van der Waals surface area contributed by atoms with E-state index in [-0.39, 0.29) is 11.9 Å². The maximum atomic E-state index is 12.7. The summed E-state index contributed by atoms with van der Waals surface area (Å²) in [7, 11) is 0. The number of hydrogen-bond acceptors (Lipinski definition) is 8. The standard InChI is InChI=1S/C26H36N6O3/c1-3-23-29-26(35-30-23)31-14-10-19(11-15-31)18(2)12-16-34-22-8-6-20(7-9-22)24(28)25(33)32-13-4-5-21(32)17-27/h6-9,18-19,21,24H,3-5,10-16,28H2,1-2H3/t18-,21+,24+/m1/s1. The van der Waals surface area contributed by atoms with Crippen molar-refractivity contribution in [1.82, 2.24) is 15.0 Å². The summed E-state index contributed by atoms with van der Waals surface area (Å²) in [6.07, 6.45) is 5.54. The van der Waals surface area contributed by atoms with E-state index in [0.29, 0.717) is 31.0 Å². The van der Waals surface area contributed by atoms with Crippen LogP contribution in [-0.2, 0) is 11.2 Å². The highest BCUT2D eigenvalue weighted by Gasteiger charge is 2.32. The van der Waals surface area contributed by atoms with Crippen LogP contribution in [0.3, 0.4) is 0 Å². The van der Waals surface area contributed by atoms with E-state index in [4.69, 9.17) is 15.0 Å². The lowest BCUT2D eigenvalue weighted by atomic mass is 9.84. The van der Waals surface area contributed by atoms with Gasteiger partial charge in [0.1, 0.15) is 17.8 Å². The van der Waals surface area contributed by atoms with E-state index in [1.807, 2.05) is 31.2 Å². The van der Waals surface area contributed by atoms with E-state index in [0.717, 1.165) is 68.8 Å². The van der Waals surface area contributed by atoms with E-state index in [1.54, 1.807) is 4.90 Å². The molecule has 0 saturated carbocycles. The van der Waals surface area contributed by atoms with Gasteiger partial charge in [-0.3, -0.25) is 4.79 Å². The van der Waals surface area contributed by atoms with Crippen LogP contribution in [0.5, 0.6) is 5.75 Å².